The molecule has 0 spiro atoms. The number of benzene rings is 2. The van der Waals surface area contributed by atoms with Crippen molar-refractivity contribution in [2.24, 2.45) is 4.99 Å². The van der Waals surface area contributed by atoms with E-state index in [4.69, 9.17) is 14.2 Å². The summed E-state index contributed by atoms with van der Waals surface area (Å²) in [5.74, 6) is 2.11. The van der Waals surface area contributed by atoms with E-state index in [1.54, 1.807) is 19.2 Å². The second-order valence-electron chi connectivity index (χ2n) is 6.52. The number of hydrogen-bond donors (Lipinski definition) is 2. The first-order valence-electron chi connectivity index (χ1n) is 9.90. The summed E-state index contributed by atoms with van der Waals surface area (Å²) in [7, 11) is 2.99. The first-order valence-corrected chi connectivity index (χ1v) is 9.90. The second kappa shape index (κ2) is 12.5. The van der Waals surface area contributed by atoms with Crippen LogP contribution in [0.5, 0.6) is 23.0 Å². The third kappa shape index (κ3) is 7.84. The Labute approximate surface area is 181 Å². The van der Waals surface area contributed by atoms with Crippen LogP contribution in [0.4, 0.5) is 8.78 Å². The molecule has 1 unspecified atom stereocenters. The number of alkyl halides is 2. The maximum absolute atomic E-state index is 12.6. The molecule has 0 aliphatic heterocycles. The zero-order chi connectivity index (χ0) is 22.6. The Morgan fingerprint density at radius 3 is 2.26 bits per heavy atom. The fourth-order valence-corrected chi connectivity index (χ4v) is 2.73. The molecule has 0 saturated heterocycles. The summed E-state index contributed by atoms with van der Waals surface area (Å²) in [5, 5.41) is 6.36. The largest absolute Gasteiger partial charge is 0.493 e. The fraction of sp³-hybridized carbons (Fsp3) is 0.409. The minimum Gasteiger partial charge on any atom is -0.493 e. The summed E-state index contributed by atoms with van der Waals surface area (Å²) in [5.41, 5.74) is 0.701. The van der Waals surface area contributed by atoms with E-state index >= 15 is 0 Å². The van der Waals surface area contributed by atoms with Crippen LogP contribution in [0.2, 0.25) is 0 Å². The number of para-hydroxylation sites is 2. The second-order valence-corrected chi connectivity index (χ2v) is 6.52. The zero-order valence-corrected chi connectivity index (χ0v) is 18.2. The molecule has 0 bridgehead atoms. The molecule has 170 valence electrons. The summed E-state index contributed by atoms with van der Waals surface area (Å²) in [6, 6.07) is 12.3. The van der Waals surface area contributed by atoms with Gasteiger partial charge in [0.1, 0.15) is 6.10 Å². The molecule has 0 saturated carbocycles. The summed E-state index contributed by atoms with van der Waals surface area (Å²) in [6.07, 6.45) is -0.160. The molecule has 0 aliphatic carbocycles. The van der Waals surface area contributed by atoms with E-state index in [0.717, 1.165) is 0 Å². The molecule has 0 aliphatic rings. The number of nitrogens with zero attached hydrogens (tertiary/aromatic N) is 1. The lowest BCUT2D eigenvalue weighted by molar-refractivity contribution is -0.0512. The molecular formula is C22H29F2N3O4. The van der Waals surface area contributed by atoms with Gasteiger partial charge in [0.25, 0.3) is 0 Å². The SMILES string of the molecule is CCNC(=NCc1ccc(OC)c(OC(F)F)c1)NCC(C)Oc1ccccc1OC. The lowest BCUT2D eigenvalue weighted by atomic mass is 10.2. The Morgan fingerprint density at radius 2 is 1.61 bits per heavy atom. The molecule has 0 heterocycles. The molecular weight excluding hydrogens is 408 g/mol. The van der Waals surface area contributed by atoms with Crippen LogP contribution in [0.3, 0.4) is 0 Å². The smallest absolute Gasteiger partial charge is 0.387 e. The molecule has 0 radical (unpaired) electrons. The molecule has 0 fully saturated rings. The van der Waals surface area contributed by atoms with Crippen LogP contribution in [0.25, 0.3) is 0 Å². The number of hydrogen-bond acceptors (Lipinski definition) is 5. The third-order valence-electron chi connectivity index (χ3n) is 4.16. The number of methoxy groups -OCH3 is 2. The van der Waals surface area contributed by atoms with Crippen LogP contribution in [0, 0.1) is 0 Å². The molecule has 2 N–H and O–H groups in total. The Kier molecular flexibility index (Phi) is 9.67. The van der Waals surface area contributed by atoms with E-state index in [-0.39, 0.29) is 24.1 Å². The van der Waals surface area contributed by atoms with Crippen LogP contribution in [0.1, 0.15) is 19.4 Å². The van der Waals surface area contributed by atoms with Crippen molar-refractivity contribution >= 4 is 5.96 Å². The van der Waals surface area contributed by atoms with E-state index in [2.05, 4.69) is 20.4 Å². The summed E-state index contributed by atoms with van der Waals surface area (Å²) < 4.78 is 46.0. The number of nitrogens with one attached hydrogen (secondary N) is 2. The van der Waals surface area contributed by atoms with Crippen LogP contribution in [-0.4, -0.2) is 46.0 Å². The number of aliphatic imine (C=N–C) groups is 1. The molecule has 0 amide bonds. The maximum atomic E-state index is 12.6. The molecule has 2 aromatic rings. The van der Waals surface area contributed by atoms with E-state index in [1.807, 2.05) is 38.1 Å². The average molecular weight is 437 g/mol. The van der Waals surface area contributed by atoms with Gasteiger partial charge < -0.3 is 29.6 Å². The Balaban J connectivity index is 2.00. The fourth-order valence-electron chi connectivity index (χ4n) is 2.73. The molecule has 1 atom stereocenters. The van der Waals surface area contributed by atoms with Gasteiger partial charge in [-0.15, -0.1) is 0 Å². The van der Waals surface area contributed by atoms with Crippen molar-refractivity contribution in [3.63, 3.8) is 0 Å². The summed E-state index contributed by atoms with van der Waals surface area (Å²) >= 11 is 0. The highest BCUT2D eigenvalue weighted by Gasteiger charge is 2.12. The van der Waals surface area contributed by atoms with Crippen molar-refractivity contribution in [3.8, 4) is 23.0 Å². The van der Waals surface area contributed by atoms with Crippen LogP contribution in [0.15, 0.2) is 47.5 Å². The summed E-state index contributed by atoms with van der Waals surface area (Å²) in [4.78, 5) is 4.50. The normalized spacial score (nSPS) is 12.3. The standard InChI is InChI=1S/C22H29F2N3O4/c1-5-25-22(26-13-15(2)30-19-9-7-6-8-17(19)28-3)27-14-16-10-11-18(29-4)20(12-16)31-21(23)24/h6-12,15,21H,5,13-14H2,1-4H3,(H2,25,26,27). The molecule has 31 heavy (non-hydrogen) atoms. The lowest BCUT2D eigenvalue weighted by Gasteiger charge is -2.19. The van der Waals surface area contributed by atoms with Gasteiger partial charge in [-0.25, -0.2) is 4.99 Å². The van der Waals surface area contributed by atoms with Gasteiger partial charge in [0.05, 0.1) is 27.3 Å². The first kappa shape index (κ1) is 24.0. The highest BCUT2D eigenvalue weighted by atomic mass is 19.3. The number of halogens is 2. The van der Waals surface area contributed by atoms with Crippen LogP contribution in [-0.2, 0) is 6.54 Å². The summed E-state index contributed by atoms with van der Waals surface area (Å²) in [6.45, 7) is 2.37. The van der Waals surface area contributed by atoms with Crippen LogP contribution >= 0.6 is 0 Å². The highest BCUT2D eigenvalue weighted by Crippen LogP contribution is 2.30. The van der Waals surface area contributed by atoms with Gasteiger partial charge in [-0.2, -0.15) is 8.78 Å². The van der Waals surface area contributed by atoms with E-state index in [1.165, 1.54) is 13.2 Å². The Hall–Kier alpha value is -3.23. The lowest BCUT2D eigenvalue weighted by Crippen LogP contribution is -2.41. The minimum absolute atomic E-state index is 0.0259. The van der Waals surface area contributed by atoms with Gasteiger partial charge in [0.15, 0.2) is 29.0 Å². The van der Waals surface area contributed by atoms with E-state index in [9.17, 15) is 8.78 Å². The minimum atomic E-state index is -2.93. The van der Waals surface area contributed by atoms with Crippen molar-refractivity contribution < 1.29 is 27.7 Å². The van der Waals surface area contributed by atoms with Gasteiger partial charge in [0, 0.05) is 6.54 Å². The van der Waals surface area contributed by atoms with Crippen molar-refractivity contribution in [2.45, 2.75) is 33.1 Å². The van der Waals surface area contributed by atoms with Crippen molar-refractivity contribution in [2.75, 3.05) is 27.3 Å². The zero-order valence-electron chi connectivity index (χ0n) is 18.2. The molecule has 9 heteroatoms. The third-order valence-corrected chi connectivity index (χ3v) is 4.16. The first-order chi connectivity index (χ1) is 15.0. The molecule has 7 nitrogen and oxygen atoms in total. The predicted molar refractivity (Wildman–Crippen MR) is 116 cm³/mol. The van der Waals surface area contributed by atoms with E-state index in [0.29, 0.717) is 36.1 Å². The monoisotopic (exact) mass is 437 g/mol. The molecule has 2 aromatic carbocycles. The predicted octanol–water partition coefficient (Wildman–Crippen LogP) is 3.83. The van der Waals surface area contributed by atoms with E-state index < -0.39 is 6.61 Å². The van der Waals surface area contributed by atoms with Crippen molar-refractivity contribution in [3.05, 3.63) is 48.0 Å². The molecule has 2 rings (SSSR count). The highest BCUT2D eigenvalue weighted by molar-refractivity contribution is 5.79. The Bertz CT molecular complexity index is 849. The van der Waals surface area contributed by atoms with Crippen molar-refractivity contribution in [1.29, 1.82) is 0 Å². The topological polar surface area (TPSA) is 73.3 Å². The van der Waals surface area contributed by atoms with Gasteiger partial charge in [-0.05, 0) is 43.7 Å². The number of ether oxygens (including phenoxy) is 4. The van der Waals surface area contributed by atoms with Gasteiger partial charge in [-0.3, -0.25) is 0 Å². The Morgan fingerprint density at radius 1 is 0.935 bits per heavy atom. The maximum Gasteiger partial charge on any atom is 0.387 e. The van der Waals surface area contributed by atoms with Gasteiger partial charge >= 0.3 is 6.61 Å². The van der Waals surface area contributed by atoms with Crippen molar-refractivity contribution in [1.82, 2.24) is 10.6 Å². The van der Waals surface area contributed by atoms with Crippen LogP contribution < -0.4 is 29.6 Å². The number of rotatable bonds is 11. The average Bonchev–Trinajstić information content (AvgIpc) is 2.75. The van der Waals surface area contributed by atoms with Gasteiger partial charge in [-0.1, -0.05) is 18.2 Å². The quantitative estimate of drug-likeness (QED) is 0.411. The van der Waals surface area contributed by atoms with Gasteiger partial charge in [0.2, 0.25) is 0 Å². The number of guanidine groups is 1. The molecule has 0 aromatic heterocycles.